The number of alkyl halides is 2. The molecule has 0 saturated carbocycles. The lowest BCUT2D eigenvalue weighted by Crippen LogP contribution is -2.42. The fourth-order valence-electron chi connectivity index (χ4n) is 4.18. The number of benzene rings is 1. The third-order valence-corrected chi connectivity index (χ3v) is 5.77. The molecule has 0 spiro atoms. The summed E-state index contributed by atoms with van der Waals surface area (Å²) < 4.78 is 51.0. The topological polar surface area (TPSA) is 100 Å². The summed E-state index contributed by atoms with van der Waals surface area (Å²) in [6.07, 6.45) is -3.32. The molecule has 11 heteroatoms. The molecule has 0 bridgehead atoms. The molecule has 1 aromatic carbocycles. The molecule has 3 saturated heterocycles. The third kappa shape index (κ3) is 5.10. The molecule has 1 aromatic rings. The van der Waals surface area contributed by atoms with Gasteiger partial charge in [-0.25, -0.2) is 18.0 Å². The maximum Gasteiger partial charge on any atom is 0.319 e. The largest absolute Gasteiger partial charge is 0.388 e. The van der Waals surface area contributed by atoms with Gasteiger partial charge in [0, 0.05) is 31.6 Å². The fraction of sp³-hybridized carbons (Fsp3) is 0.600. The van der Waals surface area contributed by atoms with Crippen molar-refractivity contribution in [1.82, 2.24) is 10.2 Å². The van der Waals surface area contributed by atoms with E-state index in [1.807, 2.05) is 0 Å². The highest BCUT2D eigenvalue weighted by atomic mass is 19.3. The van der Waals surface area contributed by atoms with Crippen molar-refractivity contribution in [1.29, 1.82) is 0 Å². The number of nitrogens with zero attached hydrogens (tertiary/aromatic N) is 1. The van der Waals surface area contributed by atoms with Crippen molar-refractivity contribution in [2.75, 3.05) is 25.0 Å². The molecule has 3 amide bonds. The number of carbonyl (C=O) groups excluding carboxylic acids is 2. The first-order valence-electron chi connectivity index (χ1n) is 10.2. The van der Waals surface area contributed by atoms with Crippen LogP contribution in [0.3, 0.4) is 0 Å². The second-order valence-corrected chi connectivity index (χ2v) is 8.13. The third-order valence-electron chi connectivity index (χ3n) is 5.77. The van der Waals surface area contributed by atoms with E-state index in [2.05, 4.69) is 10.6 Å². The molecule has 0 aliphatic carbocycles. The molecular formula is C20H24F3N3O5. The van der Waals surface area contributed by atoms with Crippen molar-refractivity contribution in [2.24, 2.45) is 0 Å². The number of amides is 3. The van der Waals surface area contributed by atoms with Gasteiger partial charge in [0.1, 0.15) is 24.1 Å². The van der Waals surface area contributed by atoms with E-state index in [1.54, 1.807) is 0 Å². The normalized spacial score (nSPS) is 31.5. The Kier molecular flexibility index (Phi) is 6.09. The van der Waals surface area contributed by atoms with E-state index in [0.29, 0.717) is 12.1 Å². The predicted octanol–water partition coefficient (Wildman–Crippen LogP) is 1.49. The number of hydrogen-bond donors (Lipinski definition) is 3. The summed E-state index contributed by atoms with van der Waals surface area (Å²) >= 11 is 0. The second-order valence-electron chi connectivity index (χ2n) is 8.13. The molecular weight excluding hydrogens is 419 g/mol. The van der Waals surface area contributed by atoms with Crippen LogP contribution in [0.15, 0.2) is 24.3 Å². The zero-order valence-electron chi connectivity index (χ0n) is 16.6. The molecule has 170 valence electrons. The second kappa shape index (κ2) is 8.64. The number of aliphatic hydroxyl groups excluding tert-OH is 1. The quantitative estimate of drug-likeness (QED) is 0.641. The first-order valence-corrected chi connectivity index (χ1v) is 10.2. The molecule has 5 unspecified atom stereocenters. The number of ether oxygens (including phenoxy) is 2. The minimum absolute atomic E-state index is 0.0248. The van der Waals surface area contributed by atoms with Crippen LogP contribution >= 0.6 is 0 Å². The number of urea groups is 1. The number of fused-ring (bicyclic) bond motifs is 1. The summed E-state index contributed by atoms with van der Waals surface area (Å²) in [6, 6.07) is 4.73. The smallest absolute Gasteiger partial charge is 0.319 e. The lowest BCUT2D eigenvalue weighted by Gasteiger charge is -2.22. The maximum atomic E-state index is 13.3. The Morgan fingerprint density at radius 1 is 1.23 bits per heavy atom. The lowest BCUT2D eigenvalue weighted by atomic mass is 10.1. The van der Waals surface area contributed by atoms with E-state index in [4.69, 9.17) is 9.47 Å². The van der Waals surface area contributed by atoms with Crippen molar-refractivity contribution in [3.05, 3.63) is 30.1 Å². The van der Waals surface area contributed by atoms with Gasteiger partial charge in [-0.2, -0.15) is 0 Å². The number of carbonyl (C=O) groups is 2. The number of halogens is 3. The first kappa shape index (κ1) is 21.8. The number of rotatable bonds is 5. The van der Waals surface area contributed by atoms with Crippen LogP contribution in [-0.4, -0.2) is 78.0 Å². The molecule has 31 heavy (non-hydrogen) atoms. The van der Waals surface area contributed by atoms with Crippen LogP contribution in [0.4, 0.5) is 23.7 Å². The highest BCUT2D eigenvalue weighted by Crippen LogP contribution is 2.36. The van der Waals surface area contributed by atoms with Gasteiger partial charge < -0.3 is 30.1 Å². The Bertz CT molecular complexity index is 825. The number of aliphatic hydroxyl groups is 1. The van der Waals surface area contributed by atoms with Gasteiger partial charge in [0.05, 0.1) is 25.2 Å². The van der Waals surface area contributed by atoms with Crippen LogP contribution in [0.1, 0.15) is 19.3 Å². The molecule has 0 aromatic heterocycles. The van der Waals surface area contributed by atoms with Crippen molar-refractivity contribution >= 4 is 17.6 Å². The van der Waals surface area contributed by atoms with Gasteiger partial charge in [-0.15, -0.1) is 0 Å². The van der Waals surface area contributed by atoms with Gasteiger partial charge in [-0.3, -0.25) is 4.79 Å². The van der Waals surface area contributed by atoms with E-state index < -0.39 is 60.7 Å². The van der Waals surface area contributed by atoms with Gasteiger partial charge in [-0.05, 0) is 24.3 Å². The van der Waals surface area contributed by atoms with Crippen LogP contribution in [0.25, 0.3) is 0 Å². The van der Waals surface area contributed by atoms with E-state index in [0.717, 1.165) is 4.90 Å². The number of nitrogens with one attached hydrogen (secondary N) is 2. The Morgan fingerprint density at radius 2 is 1.97 bits per heavy atom. The Labute approximate surface area is 176 Å². The van der Waals surface area contributed by atoms with Crippen molar-refractivity contribution in [2.45, 2.75) is 55.7 Å². The molecule has 3 aliphatic rings. The van der Waals surface area contributed by atoms with Crippen LogP contribution in [0.2, 0.25) is 0 Å². The Balaban J connectivity index is 1.21. The zero-order valence-corrected chi connectivity index (χ0v) is 16.6. The van der Waals surface area contributed by atoms with E-state index >= 15 is 0 Å². The summed E-state index contributed by atoms with van der Waals surface area (Å²) in [7, 11) is 0. The van der Waals surface area contributed by atoms with Crippen LogP contribution in [0.5, 0.6) is 0 Å². The van der Waals surface area contributed by atoms with E-state index in [1.165, 1.54) is 24.3 Å². The summed E-state index contributed by atoms with van der Waals surface area (Å²) in [5.41, 5.74) is 0.412. The standard InChI is InChI=1S/C20H24F3N3O5/c21-11-1-3-12(4-2-11)25-19(29)24-9-15-17(28)18-14(31-15)7-13(30-18)8-16(27)26-6-5-20(22,23)10-26/h1-4,13-15,17-18,28H,5-10H2,(H2,24,25,29). The highest BCUT2D eigenvalue weighted by Gasteiger charge is 2.51. The number of anilines is 1. The number of hydrogen-bond acceptors (Lipinski definition) is 5. The molecule has 4 rings (SSSR count). The summed E-state index contributed by atoms with van der Waals surface area (Å²) in [6.45, 7) is -0.520. The van der Waals surface area contributed by atoms with Crippen LogP contribution in [-0.2, 0) is 14.3 Å². The zero-order chi connectivity index (χ0) is 22.2. The Morgan fingerprint density at radius 3 is 2.61 bits per heavy atom. The van der Waals surface area contributed by atoms with Crippen molar-refractivity contribution in [3.63, 3.8) is 0 Å². The average molecular weight is 443 g/mol. The minimum atomic E-state index is -2.84. The van der Waals surface area contributed by atoms with Gasteiger partial charge in [0.15, 0.2) is 0 Å². The lowest BCUT2D eigenvalue weighted by molar-refractivity contribution is -0.135. The minimum Gasteiger partial charge on any atom is -0.388 e. The molecule has 3 fully saturated rings. The fourth-order valence-corrected chi connectivity index (χ4v) is 4.18. The van der Waals surface area contributed by atoms with Crippen molar-refractivity contribution in [3.8, 4) is 0 Å². The molecule has 3 heterocycles. The van der Waals surface area contributed by atoms with E-state index in [9.17, 15) is 27.9 Å². The van der Waals surface area contributed by atoms with E-state index in [-0.39, 0.29) is 25.9 Å². The van der Waals surface area contributed by atoms with Gasteiger partial charge in [-0.1, -0.05) is 0 Å². The van der Waals surface area contributed by atoms with Gasteiger partial charge >= 0.3 is 6.03 Å². The molecule has 0 radical (unpaired) electrons. The first-order chi connectivity index (χ1) is 14.7. The molecule has 8 nitrogen and oxygen atoms in total. The van der Waals surface area contributed by atoms with Gasteiger partial charge in [0.2, 0.25) is 5.91 Å². The van der Waals surface area contributed by atoms with Crippen LogP contribution in [0, 0.1) is 5.82 Å². The van der Waals surface area contributed by atoms with Crippen molar-refractivity contribution < 1.29 is 37.3 Å². The Hall–Kier alpha value is -2.37. The summed E-state index contributed by atoms with van der Waals surface area (Å²) in [5.74, 6) is -3.66. The SMILES string of the molecule is O=C(NCC1OC2CC(CC(=O)N3CCC(F)(F)C3)OC2C1O)Nc1ccc(F)cc1. The van der Waals surface area contributed by atoms with Crippen LogP contribution < -0.4 is 10.6 Å². The van der Waals surface area contributed by atoms with Gasteiger partial charge in [0.25, 0.3) is 5.92 Å². The predicted molar refractivity (Wildman–Crippen MR) is 102 cm³/mol. The monoisotopic (exact) mass is 443 g/mol. The molecule has 3 N–H and O–H groups in total. The number of likely N-dealkylation sites (tertiary alicyclic amines) is 1. The summed E-state index contributed by atoms with van der Waals surface area (Å²) in [4.78, 5) is 25.3. The summed E-state index contributed by atoms with van der Waals surface area (Å²) in [5, 5.41) is 15.6. The maximum absolute atomic E-state index is 13.3. The average Bonchev–Trinajstić information content (AvgIpc) is 3.36. The molecule has 3 aliphatic heterocycles. The highest BCUT2D eigenvalue weighted by molar-refractivity contribution is 5.89. The molecule has 5 atom stereocenters.